The smallest absolute Gasteiger partial charge is 0.326 e. The van der Waals surface area contributed by atoms with E-state index in [4.69, 9.17) is 14.6 Å². The van der Waals surface area contributed by atoms with Crippen LogP contribution in [0.4, 0.5) is 0 Å². The van der Waals surface area contributed by atoms with Crippen LogP contribution in [0.2, 0.25) is 0 Å². The van der Waals surface area contributed by atoms with Crippen molar-refractivity contribution in [1.29, 1.82) is 0 Å². The Kier molecular flexibility index (Phi) is 4.67. The molecule has 6 heteroatoms. The van der Waals surface area contributed by atoms with Crippen molar-refractivity contribution in [2.45, 2.75) is 25.8 Å². The first-order valence-corrected chi connectivity index (χ1v) is 6.94. The van der Waals surface area contributed by atoms with Gasteiger partial charge in [0, 0.05) is 19.0 Å². The number of amides is 1. The molecular weight excluding hydrogens is 274 g/mol. The van der Waals surface area contributed by atoms with E-state index in [1.165, 1.54) is 11.9 Å². The van der Waals surface area contributed by atoms with Gasteiger partial charge in [0.15, 0.2) is 11.5 Å². The predicted molar refractivity (Wildman–Crippen MR) is 75.9 cm³/mol. The Balaban J connectivity index is 2.23. The Hall–Kier alpha value is -2.24. The highest BCUT2D eigenvalue weighted by Gasteiger charge is 2.26. The van der Waals surface area contributed by atoms with E-state index in [2.05, 4.69) is 0 Å². The van der Waals surface area contributed by atoms with Crippen LogP contribution in [-0.4, -0.2) is 48.2 Å². The number of hydrogen-bond donors (Lipinski definition) is 1. The molecule has 0 fully saturated rings. The molecule has 114 valence electrons. The minimum Gasteiger partial charge on any atom is -0.490 e. The van der Waals surface area contributed by atoms with Crippen LogP contribution < -0.4 is 9.47 Å². The molecule has 1 amide bonds. The monoisotopic (exact) mass is 293 g/mol. The number of benzene rings is 1. The molecule has 0 saturated carbocycles. The molecule has 1 aromatic carbocycles. The van der Waals surface area contributed by atoms with E-state index in [0.29, 0.717) is 36.7 Å². The summed E-state index contributed by atoms with van der Waals surface area (Å²) in [6, 6.07) is 4.08. The second-order valence-electron chi connectivity index (χ2n) is 4.89. The molecule has 6 nitrogen and oxygen atoms in total. The van der Waals surface area contributed by atoms with E-state index >= 15 is 0 Å². The molecule has 1 aliphatic heterocycles. The summed E-state index contributed by atoms with van der Waals surface area (Å²) in [5, 5.41) is 9.13. The second-order valence-corrected chi connectivity index (χ2v) is 4.89. The van der Waals surface area contributed by atoms with Gasteiger partial charge in [0.1, 0.15) is 6.04 Å². The van der Waals surface area contributed by atoms with Gasteiger partial charge in [-0.2, -0.15) is 0 Å². The molecule has 1 heterocycles. The summed E-state index contributed by atoms with van der Waals surface area (Å²) >= 11 is 0. The lowest BCUT2D eigenvalue weighted by Crippen LogP contribution is -2.41. The molecule has 0 aromatic heterocycles. The molecule has 0 spiro atoms. The maximum Gasteiger partial charge on any atom is 0.326 e. The van der Waals surface area contributed by atoms with Crippen molar-refractivity contribution in [2.24, 2.45) is 0 Å². The molecule has 0 bridgehead atoms. The molecule has 0 saturated heterocycles. The van der Waals surface area contributed by atoms with Crippen molar-refractivity contribution in [2.75, 3.05) is 20.3 Å². The number of nitrogens with zero attached hydrogens (tertiary/aromatic N) is 1. The van der Waals surface area contributed by atoms with Gasteiger partial charge in [-0.25, -0.2) is 4.79 Å². The average Bonchev–Trinajstić information content (AvgIpc) is 2.71. The third-order valence-corrected chi connectivity index (χ3v) is 3.45. The molecule has 1 atom stereocenters. The first-order chi connectivity index (χ1) is 10.0. The van der Waals surface area contributed by atoms with Crippen LogP contribution in [0.3, 0.4) is 0 Å². The lowest BCUT2D eigenvalue weighted by Gasteiger charge is -2.24. The van der Waals surface area contributed by atoms with Gasteiger partial charge in [-0.15, -0.1) is 0 Å². The van der Waals surface area contributed by atoms with E-state index in [9.17, 15) is 9.59 Å². The van der Waals surface area contributed by atoms with Crippen LogP contribution in [0.25, 0.3) is 0 Å². The van der Waals surface area contributed by atoms with Crippen LogP contribution in [0, 0.1) is 0 Å². The van der Waals surface area contributed by atoms with Crippen LogP contribution >= 0.6 is 0 Å². The maximum atomic E-state index is 12.4. The summed E-state index contributed by atoms with van der Waals surface area (Å²) in [4.78, 5) is 24.8. The van der Waals surface area contributed by atoms with Gasteiger partial charge < -0.3 is 19.5 Å². The highest BCUT2D eigenvalue weighted by Crippen LogP contribution is 2.30. The van der Waals surface area contributed by atoms with Crippen molar-refractivity contribution in [3.05, 3.63) is 23.8 Å². The molecule has 1 unspecified atom stereocenters. The van der Waals surface area contributed by atoms with Crippen molar-refractivity contribution < 1.29 is 24.2 Å². The van der Waals surface area contributed by atoms with Crippen molar-refractivity contribution in [1.82, 2.24) is 4.90 Å². The predicted octanol–water partition coefficient (Wildman–Crippen LogP) is 1.78. The van der Waals surface area contributed by atoms with Crippen LogP contribution in [0.1, 0.15) is 30.1 Å². The summed E-state index contributed by atoms with van der Waals surface area (Å²) in [5.74, 6) is -0.227. The zero-order chi connectivity index (χ0) is 15.4. The number of aliphatic carboxylic acids is 1. The summed E-state index contributed by atoms with van der Waals surface area (Å²) in [5.41, 5.74) is 0.390. The normalized spacial score (nSPS) is 15.0. The van der Waals surface area contributed by atoms with Crippen molar-refractivity contribution in [3.8, 4) is 11.5 Å². The molecule has 0 radical (unpaired) electrons. The fourth-order valence-electron chi connectivity index (χ4n) is 2.26. The maximum absolute atomic E-state index is 12.4. The Bertz CT molecular complexity index is 543. The van der Waals surface area contributed by atoms with Gasteiger partial charge in [0.2, 0.25) is 0 Å². The zero-order valence-corrected chi connectivity index (χ0v) is 12.2. The van der Waals surface area contributed by atoms with Gasteiger partial charge in [-0.05, 0) is 24.6 Å². The lowest BCUT2D eigenvalue weighted by molar-refractivity contribution is -0.142. The Morgan fingerprint density at radius 2 is 1.95 bits per heavy atom. The highest BCUT2D eigenvalue weighted by molar-refractivity contribution is 5.97. The molecule has 1 aromatic rings. The van der Waals surface area contributed by atoms with Crippen molar-refractivity contribution >= 4 is 11.9 Å². The summed E-state index contributed by atoms with van der Waals surface area (Å²) in [6.07, 6.45) is 1.14. The number of fused-ring (bicyclic) bond motifs is 1. The number of carbonyl (C=O) groups excluding carboxylic acids is 1. The Labute approximate surface area is 123 Å². The summed E-state index contributed by atoms with van der Waals surface area (Å²) in [6.45, 7) is 2.85. The zero-order valence-electron chi connectivity index (χ0n) is 12.2. The molecule has 2 rings (SSSR count). The fraction of sp³-hybridized carbons (Fsp3) is 0.467. The van der Waals surface area contributed by atoms with Crippen LogP contribution in [-0.2, 0) is 4.79 Å². The minimum atomic E-state index is -1.01. The fourth-order valence-corrected chi connectivity index (χ4v) is 2.26. The summed E-state index contributed by atoms with van der Waals surface area (Å²) < 4.78 is 11.0. The number of rotatable bonds is 4. The molecule has 1 N–H and O–H groups in total. The van der Waals surface area contributed by atoms with Gasteiger partial charge in [0.25, 0.3) is 5.91 Å². The van der Waals surface area contributed by atoms with Crippen LogP contribution in [0.5, 0.6) is 11.5 Å². The number of carboxylic acid groups (broad SMARTS) is 1. The number of carbonyl (C=O) groups is 2. The lowest BCUT2D eigenvalue weighted by atomic mass is 10.1. The quantitative estimate of drug-likeness (QED) is 0.915. The molecule has 21 heavy (non-hydrogen) atoms. The Morgan fingerprint density at radius 1 is 1.29 bits per heavy atom. The van der Waals surface area contributed by atoms with Crippen LogP contribution in [0.15, 0.2) is 18.2 Å². The molecular formula is C15H19NO5. The minimum absolute atomic E-state index is 0.347. The van der Waals surface area contributed by atoms with Crippen molar-refractivity contribution in [3.63, 3.8) is 0 Å². The first kappa shape index (κ1) is 15.2. The van der Waals surface area contributed by atoms with Gasteiger partial charge in [-0.1, -0.05) is 6.92 Å². The van der Waals surface area contributed by atoms with Gasteiger partial charge in [-0.3, -0.25) is 4.79 Å². The molecule has 1 aliphatic rings. The van der Waals surface area contributed by atoms with E-state index in [-0.39, 0.29) is 5.91 Å². The third kappa shape index (κ3) is 3.26. The number of hydrogen-bond acceptors (Lipinski definition) is 4. The number of likely N-dealkylation sites (N-methyl/N-ethyl adjacent to an activating group) is 1. The van der Waals surface area contributed by atoms with E-state index < -0.39 is 12.0 Å². The van der Waals surface area contributed by atoms with Gasteiger partial charge in [0.05, 0.1) is 13.2 Å². The number of carboxylic acids is 1. The van der Waals surface area contributed by atoms with E-state index in [1.54, 1.807) is 25.1 Å². The Morgan fingerprint density at radius 3 is 2.57 bits per heavy atom. The first-order valence-electron chi connectivity index (χ1n) is 6.94. The third-order valence-electron chi connectivity index (χ3n) is 3.45. The SMILES string of the molecule is CCC(C(=O)O)N(C)C(=O)c1ccc2c(c1)OCCCO2. The second kappa shape index (κ2) is 6.47. The molecule has 0 aliphatic carbocycles. The summed E-state index contributed by atoms with van der Waals surface area (Å²) in [7, 11) is 1.49. The van der Waals surface area contributed by atoms with Gasteiger partial charge >= 0.3 is 5.97 Å². The highest BCUT2D eigenvalue weighted by atomic mass is 16.5. The number of ether oxygens (including phenoxy) is 2. The van der Waals surface area contributed by atoms with E-state index in [0.717, 1.165) is 6.42 Å². The topological polar surface area (TPSA) is 76.1 Å². The average molecular weight is 293 g/mol. The standard InChI is InChI=1S/C15H19NO5/c1-3-11(15(18)19)16(2)14(17)10-5-6-12-13(9-10)21-8-4-7-20-12/h5-6,9,11H,3-4,7-8H2,1-2H3,(H,18,19). The largest absolute Gasteiger partial charge is 0.490 e. The van der Waals surface area contributed by atoms with E-state index in [1.807, 2.05) is 0 Å².